The van der Waals surface area contributed by atoms with E-state index in [4.69, 9.17) is 9.47 Å². The van der Waals surface area contributed by atoms with Crippen LogP contribution in [0.2, 0.25) is 0 Å². The highest BCUT2D eigenvalue weighted by atomic mass is 16.5. The van der Waals surface area contributed by atoms with Gasteiger partial charge in [-0.25, -0.2) is 9.97 Å². The summed E-state index contributed by atoms with van der Waals surface area (Å²) in [6.07, 6.45) is 11.1. The van der Waals surface area contributed by atoms with Gasteiger partial charge in [-0.05, 0) is 47.5 Å². The number of hydrogen-bond acceptors (Lipinski definition) is 6. The fraction of sp³-hybridized carbons (Fsp3) is 0.280. The minimum absolute atomic E-state index is 0.620. The Morgan fingerprint density at radius 2 is 1.21 bits per heavy atom. The van der Waals surface area contributed by atoms with E-state index >= 15 is 0 Å². The number of fused-ring (bicyclic) bond motifs is 6. The molecule has 8 nitrogen and oxygen atoms in total. The third-order valence-corrected chi connectivity index (χ3v) is 6.20. The van der Waals surface area contributed by atoms with Crippen molar-refractivity contribution in [1.82, 2.24) is 19.1 Å². The summed E-state index contributed by atoms with van der Waals surface area (Å²) in [7, 11) is 0. The van der Waals surface area contributed by atoms with E-state index in [0.717, 1.165) is 44.3 Å². The fourth-order valence-electron chi connectivity index (χ4n) is 4.59. The van der Waals surface area contributed by atoms with Gasteiger partial charge in [0.1, 0.15) is 24.7 Å². The molecule has 0 fully saturated rings. The first-order valence-electron chi connectivity index (χ1n) is 11.2. The summed E-state index contributed by atoms with van der Waals surface area (Å²) in [5.74, 6) is 1.83. The predicted molar refractivity (Wildman–Crippen MR) is 126 cm³/mol. The van der Waals surface area contributed by atoms with Crippen LogP contribution in [0, 0.1) is 0 Å². The van der Waals surface area contributed by atoms with Crippen molar-refractivity contribution >= 4 is 11.4 Å². The maximum Gasteiger partial charge on any atom is 0.119 e. The second-order valence-electron chi connectivity index (χ2n) is 8.42. The number of hydrogen-bond donors (Lipinski definition) is 0. The van der Waals surface area contributed by atoms with Gasteiger partial charge in [0.2, 0.25) is 0 Å². The molecule has 4 heterocycles. The van der Waals surface area contributed by atoms with Crippen LogP contribution in [0.4, 0.5) is 11.4 Å². The molecule has 0 unspecified atom stereocenters. The molecular weight excluding hydrogens is 416 g/mol. The molecule has 0 saturated heterocycles. The fourth-order valence-corrected chi connectivity index (χ4v) is 4.59. The van der Waals surface area contributed by atoms with E-state index < -0.39 is 0 Å². The van der Waals surface area contributed by atoms with E-state index in [1.165, 1.54) is 22.5 Å². The van der Waals surface area contributed by atoms with Crippen LogP contribution in [-0.2, 0) is 26.2 Å². The maximum atomic E-state index is 6.01. The molecule has 2 aliphatic rings. The van der Waals surface area contributed by atoms with Crippen LogP contribution >= 0.6 is 0 Å². The standard InChI is InChI=1S/C25H26N6O2/c1-3-24-20(13-22(1)32-11-9-28-7-5-26-17-28)15-31-19-30(24)16-21-14-23(2-4-25(21)31)33-12-10-29-8-6-27-18-29/h1-8,13-14,17-18H,9-12,15-16,19H2. The highest BCUT2D eigenvalue weighted by molar-refractivity contribution is 5.69. The molecule has 2 aromatic carbocycles. The topological polar surface area (TPSA) is 60.6 Å². The summed E-state index contributed by atoms with van der Waals surface area (Å²) >= 11 is 0. The van der Waals surface area contributed by atoms with Crippen molar-refractivity contribution < 1.29 is 9.47 Å². The zero-order valence-electron chi connectivity index (χ0n) is 18.4. The lowest BCUT2D eigenvalue weighted by molar-refractivity contribution is 0.298. The van der Waals surface area contributed by atoms with E-state index in [1.807, 2.05) is 34.2 Å². The highest BCUT2D eigenvalue weighted by Crippen LogP contribution is 2.40. The molecule has 0 atom stereocenters. The van der Waals surface area contributed by atoms with Gasteiger partial charge in [-0.3, -0.25) is 0 Å². The molecule has 2 bridgehead atoms. The van der Waals surface area contributed by atoms with Gasteiger partial charge in [-0.2, -0.15) is 0 Å². The van der Waals surface area contributed by atoms with Crippen LogP contribution in [-0.4, -0.2) is 39.0 Å². The molecule has 0 spiro atoms. The molecule has 2 aliphatic heterocycles. The number of benzene rings is 2. The lowest BCUT2D eigenvalue weighted by Gasteiger charge is -2.44. The molecule has 0 saturated carbocycles. The van der Waals surface area contributed by atoms with Crippen molar-refractivity contribution in [3.8, 4) is 11.5 Å². The van der Waals surface area contributed by atoms with Crippen molar-refractivity contribution in [2.75, 3.05) is 29.7 Å². The Hall–Kier alpha value is -3.94. The Kier molecular flexibility index (Phi) is 5.10. The van der Waals surface area contributed by atoms with E-state index in [2.05, 4.69) is 56.2 Å². The summed E-state index contributed by atoms with van der Waals surface area (Å²) < 4.78 is 16.1. The molecule has 0 N–H and O–H groups in total. The molecule has 33 heavy (non-hydrogen) atoms. The van der Waals surface area contributed by atoms with Gasteiger partial charge >= 0.3 is 0 Å². The van der Waals surface area contributed by atoms with Crippen LogP contribution in [0.3, 0.4) is 0 Å². The third kappa shape index (κ3) is 4.11. The first-order chi connectivity index (χ1) is 16.3. The van der Waals surface area contributed by atoms with Crippen LogP contribution in [0.15, 0.2) is 73.8 Å². The molecule has 6 rings (SSSR count). The number of ether oxygens (including phenoxy) is 2. The molecule has 0 aliphatic carbocycles. The number of aromatic nitrogens is 4. The summed E-state index contributed by atoms with van der Waals surface area (Å²) in [4.78, 5) is 13.0. The second-order valence-corrected chi connectivity index (χ2v) is 8.42. The lowest BCUT2D eigenvalue weighted by atomic mass is 10.0. The van der Waals surface area contributed by atoms with Crippen LogP contribution in [0.25, 0.3) is 0 Å². The smallest absolute Gasteiger partial charge is 0.119 e. The quantitative estimate of drug-likeness (QED) is 0.416. The highest BCUT2D eigenvalue weighted by Gasteiger charge is 2.29. The average Bonchev–Trinajstić information content (AvgIpc) is 3.53. The maximum absolute atomic E-state index is 6.01. The summed E-state index contributed by atoms with van der Waals surface area (Å²) in [6, 6.07) is 12.9. The number of rotatable bonds is 8. The second kappa shape index (κ2) is 8.54. The van der Waals surface area contributed by atoms with Gasteiger partial charge in [0.15, 0.2) is 0 Å². The summed E-state index contributed by atoms with van der Waals surface area (Å²) in [5, 5.41) is 0. The molecular formula is C25H26N6O2. The normalized spacial score (nSPS) is 14.1. The van der Waals surface area contributed by atoms with Gasteiger partial charge in [0.25, 0.3) is 0 Å². The molecule has 8 heteroatoms. The van der Waals surface area contributed by atoms with Crippen molar-refractivity contribution in [3.63, 3.8) is 0 Å². The Bertz CT molecular complexity index is 1130. The van der Waals surface area contributed by atoms with E-state index in [1.54, 1.807) is 12.4 Å². The number of imidazole rings is 2. The van der Waals surface area contributed by atoms with E-state index in [0.29, 0.717) is 13.2 Å². The SMILES string of the molecule is c1cn(CCOc2ccc3c(c2)CN2CN3Cc3cc(OCCn4ccnc4)ccc32)cn1. The van der Waals surface area contributed by atoms with Crippen molar-refractivity contribution in [1.29, 1.82) is 0 Å². The van der Waals surface area contributed by atoms with Crippen molar-refractivity contribution in [2.24, 2.45) is 0 Å². The minimum Gasteiger partial charge on any atom is -0.492 e. The third-order valence-electron chi connectivity index (χ3n) is 6.20. The van der Waals surface area contributed by atoms with Gasteiger partial charge in [-0.1, -0.05) is 0 Å². The van der Waals surface area contributed by atoms with Gasteiger partial charge in [0.05, 0.1) is 32.4 Å². The number of nitrogens with zero attached hydrogens (tertiary/aromatic N) is 6. The molecule has 2 aromatic heterocycles. The Morgan fingerprint density at radius 3 is 1.67 bits per heavy atom. The van der Waals surface area contributed by atoms with Gasteiger partial charge in [0, 0.05) is 49.3 Å². The summed E-state index contributed by atoms with van der Waals surface area (Å²) in [5.41, 5.74) is 5.16. The lowest BCUT2D eigenvalue weighted by Crippen LogP contribution is -2.46. The zero-order valence-corrected chi connectivity index (χ0v) is 18.4. The van der Waals surface area contributed by atoms with Crippen LogP contribution in [0.5, 0.6) is 11.5 Å². The van der Waals surface area contributed by atoms with Gasteiger partial charge in [-0.15, -0.1) is 0 Å². The summed E-state index contributed by atoms with van der Waals surface area (Å²) in [6.45, 7) is 5.47. The predicted octanol–water partition coefficient (Wildman–Crippen LogP) is 3.54. The van der Waals surface area contributed by atoms with E-state index in [-0.39, 0.29) is 0 Å². The first kappa shape index (κ1) is 19.7. The zero-order chi connectivity index (χ0) is 22.0. The first-order valence-corrected chi connectivity index (χ1v) is 11.2. The van der Waals surface area contributed by atoms with Gasteiger partial charge < -0.3 is 28.4 Å². The van der Waals surface area contributed by atoms with Crippen LogP contribution < -0.4 is 19.3 Å². The monoisotopic (exact) mass is 442 g/mol. The molecule has 0 amide bonds. The Balaban J connectivity index is 1.12. The molecule has 168 valence electrons. The Labute approximate surface area is 192 Å². The van der Waals surface area contributed by atoms with Crippen LogP contribution in [0.1, 0.15) is 11.1 Å². The molecule has 0 radical (unpaired) electrons. The molecule has 4 aromatic rings. The largest absolute Gasteiger partial charge is 0.492 e. The number of anilines is 2. The minimum atomic E-state index is 0.620. The van der Waals surface area contributed by atoms with Crippen molar-refractivity contribution in [2.45, 2.75) is 26.2 Å². The average molecular weight is 443 g/mol. The van der Waals surface area contributed by atoms with E-state index in [9.17, 15) is 0 Å². The van der Waals surface area contributed by atoms with Crippen molar-refractivity contribution in [3.05, 3.63) is 85.0 Å². The Morgan fingerprint density at radius 1 is 0.697 bits per heavy atom.